The van der Waals surface area contributed by atoms with Crippen molar-refractivity contribution >= 4 is 37.5 Å². The number of ether oxygens (including phenoxy) is 2. The maximum atomic E-state index is 15.1. The number of esters is 1. The van der Waals surface area contributed by atoms with Gasteiger partial charge >= 0.3 is 16.4 Å². The van der Waals surface area contributed by atoms with Gasteiger partial charge in [-0.3, -0.25) is 0 Å². The Morgan fingerprint density at radius 3 is 2.11 bits per heavy atom. The van der Waals surface area contributed by atoms with Gasteiger partial charge in [-0.1, -0.05) is 78.4 Å². The number of aryl methyl sites for hydroxylation is 1. The molecule has 0 radical (unpaired) electrons. The van der Waals surface area contributed by atoms with Gasteiger partial charge in [0.25, 0.3) is 10.0 Å². The summed E-state index contributed by atoms with van der Waals surface area (Å²) in [5, 5.41) is 0. The quantitative estimate of drug-likeness (QED) is 0.230. The maximum absolute atomic E-state index is 15.1. The van der Waals surface area contributed by atoms with Crippen LogP contribution in [0.4, 0.5) is 8.78 Å². The maximum Gasteiger partial charge on any atom is 0.363 e. The summed E-state index contributed by atoms with van der Waals surface area (Å²) in [5.74, 6) is -1.73. The van der Waals surface area contributed by atoms with Crippen LogP contribution in [-0.2, 0) is 30.8 Å². The molecule has 0 unspecified atom stereocenters. The lowest BCUT2D eigenvalue weighted by Crippen LogP contribution is -2.62. The van der Waals surface area contributed by atoms with Gasteiger partial charge < -0.3 is 9.47 Å². The third-order valence-electron chi connectivity index (χ3n) is 5.84. The second kappa shape index (κ2) is 10.3. The van der Waals surface area contributed by atoms with E-state index in [1.165, 1.54) is 31.2 Å². The minimum Gasteiger partial charge on any atom is -0.463 e. The predicted molar refractivity (Wildman–Crippen MR) is 138 cm³/mol. The smallest absolute Gasteiger partial charge is 0.363 e. The van der Waals surface area contributed by atoms with E-state index in [1.807, 2.05) is 6.92 Å². The van der Waals surface area contributed by atoms with Crippen molar-refractivity contribution in [1.82, 2.24) is 4.31 Å². The summed E-state index contributed by atoms with van der Waals surface area (Å²) >= 11 is 2.31. The Bertz CT molecular complexity index is 1410. The van der Waals surface area contributed by atoms with Gasteiger partial charge in [0.1, 0.15) is 0 Å². The first kappa shape index (κ1) is 26.8. The van der Waals surface area contributed by atoms with Gasteiger partial charge in [-0.2, -0.15) is 8.78 Å². The third-order valence-corrected chi connectivity index (χ3v) is 8.15. The van der Waals surface area contributed by atoms with Crippen LogP contribution < -0.4 is 0 Å². The number of rotatable bonds is 9. The first-order valence-corrected chi connectivity index (χ1v) is 13.6. The van der Waals surface area contributed by atoms with E-state index < -0.39 is 26.4 Å². The lowest BCUT2D eigenvalue weighted by atomic mass is 9.84. The fraction of sp³-hybridized carbons (Fsp3) is 0.222. The van der Waals surface area contributed by atoms with E-state index in [9.17, 15) is 13.2 Å². The molecule has 4 rings (SSSR count). The molecule has 0 amide bonds. The first-order chi connectivity index (χ1) is 17.5. The fourth-order valence-electron chi connectivity index (χ4n) is 4.00. The number of halogens is 3. The topological polar surface area (TPSA) is 72.9 Å². The van der Waals surface area contributed by atoms with Crippen molar-refractivity contribution in [3.05, 3.63) is 108 Å². The molecule has 6 nitrogen and oxygen atoms in total. The monoisotopic (exact) mass is 591 g/mol. The highest BCUT2D eigenvalue weighted by atomic mass is 79.9. The Hall–Kier alpha value is -3.24. The molecular weight excluding hydrogens is 568 g/mol. The first-order valence-electron chi connectivity index (χ1n) is 11.4. The van der Waals surface area contributed by atoms with Crippen LogP contribution in [0, 0.1) is 6.92 Å². The molecule has 0 spiro atoms. The van der Waals surface area contributed by atoms with Gasteiger partial charge in [0.05, 0.1) is 23.6 Å². The van der Waals surface area contributed by atoms with Gasteiger partial charge in [-0.25, -0.2) is 17.5 Å². The largest absolute Gasteiger partial charge is 0.463 e. The van der Waals surface area contributed by atoms with Crippen LogP contribution in [-0.4, -0.2) is 35.7 Å². The Morgan fingerprint density at radius 1 is 1.00 bits per heavy atom. The SMILES string of the molecule is CCOC(=O)[C@@]1(C(F)(F)Br)OC(N(Cc2ccccc2)S(=O)(=O)c2ccc(C)cc2)=C1c1ccccc1. The van der Waals surface area contributed by atoms with Gasteiger partial charge in [0.2, 0.25) is 5.88 Å². The number of carbonyl (C=O) groups excluding carboxylic acids is 1. The Morgan fingerprint density at radius 2 is 1.57 bits per heavy atom. The summed E-state index contributed by atoms with van der Waals surface area (Å²) in [6.07, 6.45) is 0. The molecule has 194 valence electrons. The molecule has 1 aliphatic rings. The van der Waals surface area contributed by atoms with E-state index in [4.69, 9.17) is 9.47 Å². The molecule has 0 fully saturated rings. The highest BCUT2D eigenvalue weighted by Crippen LogP contribution is 2.57. The highest BCUT2D eigenvalue weighted by molar-refractivity contribution is 9.10. The van der Waals surface area contributed by atoms with Gasteiger partial charge in [0.15, 0.2) is 0 Å². The zero-order valence-electron chi connectivity index (χ0n) is 20.0. The standard InChI is InChI=1S/C27H24BrF2NO5S/c1-3-35-25(32)26(27(28,29)30)23(21-12-8-5-9-13-21)24(36-26)31(18-20-10-6-4-7-11-20)37(33,34)22-16-14-19(2)15-17-22/h4-17H,3,18H2,1-2H3/t26-/m0/s1. The molecule has 1 aliphatic heterocycles. The van der Waals surface area contributed by atoms with Crippen LogP contribution in [0.15, 0.2) is 95.7 Å². The molecular formula is C27H24BrF2NO5S. The molecule has 1 heterocycles. The molecule has 3 aromatic rings. The van der Waals surface area contributed by atoms with E-state index in [1.54, 1.807) is 60.7 Å². The normalized spacial score (nSPS) is 17.5. The van der Waals surface area contributed by atoms with Crippen LogP contribution in [0.5, 0.6) is 0 Å². The number of nitrogens with zero attached hydrogens (tertiary/aromatic N) is 1. The molecule has 0 N–H and O–H groups in total. The molecule has 0 aliphatic carbocycles. The summed E-state index contributed by atoms with van der Waals surface area (Å²) in [7, 11) is -4.31. The van der Waals surface area contributed by atoms with Crippen molar-refractivity contribution in [3.63, 3.8) is 0 Å². The second-order valence-corrected chi connectivity index (χ2v) is 11.2. The van der Waals surface area contributed by atoms with E-state index in [-0.39, 0.29) is 35.1 Å². The van der Waals surface area contributed by atoms with Crippen LogP contribution in [0.3, 0.4) is 0 Å². The van der Waals surface area contributed by atoms with E-state index >= 15 is 8.78 Å². The number of benzene rings is 3. The fourth-order valence-corrected chi connectivity index (χ4v) is 5.84. The number of hydrogen-bond donors (Lipinski definition) is 0. The molecule has 10 heteroatoms. The zero-order chi connectivity index (χ0) is 26.8. The zero-order valence-corrected chi connectivity index (χ0v) is 22.4. The van der Waals surface area contributed by atoms with E-state index in [0.717, 1.165) is 9.87 Å². The van der Waals surface area contributed by atoms with Crippen LogP contribution >= 0.6 is 15.9 Å². The van der Waals surface area contributed by atoms with E-state index in [0.29, 0.717) is 5.56 Å². The Kier molecular flexibility index (Phi) is 7.43. The summed E-state index contributed by atoms with van der Waals surface area (Å²) in [6, 6.07) is 22.7. The molecule has 37 heavy (non-hydrogen) atoms. The van der Waals surface area contributed by atoms with Gasteiger partial charge in [-0.15, -0.1) is 0 Å². The van der Waals surface area contributed by atoms with Crippen molar-refractivity contribution in [1.29, 1.82) is 0 Å². The van der Waals surface area contributed by atoms with Gasteiger partial charge in [-0.05, 0) is 53.0 Å². The number of sulfonamides is 1. The Labute approximate surface area is 222 Å². The summed E-state index contributed by atoms with van der Waals surface area (Å²) < 4.78 is 69.6. The van der Waals surface area contributed by atoms with Crippen LogP contribution in [0.1, 0.15) is 23.6 Å². The van der Waals surface area contributed by atoms with Crippen molar-refractivity contribution < 1.29 is 31.5 Å². The lowest BCUT2D eigenvalue weighted by molar-refractivity contribution is -0.190. The minimum atomic E-state index is -4.31. The predicted octanol–water partition coefficient (Wildman–Crippen LogP) is 5.87. The summed E-state index contributed by atoms with van der Waals surface area (Å²) in [6.45, 7) is 2.89. The average Bonchev–Trinajstić information content (AvgIpc) is 2.84. The van der Waals surface area contributed by atoms with Gasteiger partial charge in [0, 0.05) is 0 Å². The molecule has 3 aromatic carbocycles. The van der Waals surface area contributed by atoms with Crippen molar-refractivity contribution in [3.8, 4) is 0 Å². The van der Waals surface area contributed by atoms with Crippen LogP contribution in [0.25, 0.3) is 5.57 Å². The molecule has 0 saturated heterocycles. The Balaban J connectivity index is 1.99. The average molecular weight is 592 g/mol. The van der Waals surface area contributed by atoms with Crippen molar-refractivity contribution in [2.45, 2.75) is 35.7 Å². The number of alkyl halides is 3. The van der Waals surface area contributed by atoms with Crippen molar-refractivity contribution in [2.24, 2.45) is 0 Å². The number of carbonyl (C=O) groups is 1. The van der Waals surface area contributed by atoms with E-state index in [2.05, 4.69) is 15.9 Å². The molecule has 1 atom stereocenters. The third kappa shape index (κ3) is 4.87. The lowest BCUT2D eigenvalue weighted by Gasteiger charge is -2.48. The number of hydrogen-bond acceptors (Lipinski definition) is 5. The van der Waals surface area contributed by atoms with Crippen molar-refractivity contribution in [2.75, 3.05) is 6.61 Å². The molecule has 0 bridgehead atoms. The molecule has 0 saturated carbocycles. The highest BCUT2D eigenvalue weighted by Gasteiger charge is 2.72. The molecule has 0 aromatic heterocycles. The second-order valence-electron chi connectivity index (χ2n) is 8.36. The van der Waals surface area contributed by atoms with Crippen LogP contribution in [0.2, 0.25) is 0 Å². The minimum absolute atomic E-state index is 0.0585. The summed E-state index contributed by atoms with van der Waals surface area (Å²) in [4.78, 5) is 9.02. The summed E-state index contributed by atoms with van der Waals surface area (Å²) in [5.41, 5.74) is -1.59.